The Morgan fingerprint density at radius 3 is 1.82 bits per heavy atom. The van der Waals surface area contributed by atoms with Crippen LogP contribution in [0.4, 0.5) is 0 Å². The van der Waals surface area contributed by atoms with Crippen molar-refractivity contribution in [1.82, 2.24) is 14.7 Å². The SMILES string of the molecule is CCOC(=O)c1nn(C(c2ccccc2)(c2ccccc2)c2ccccc2)c2c1C(C)(C)CC(=CN(C)C)C2=O. The van der Waals surface area contributed by atoms with E-state index >= 15 is 0 Å². The van der Waals surface area contributed by atoms with Crippen LogP contribution in [0.2, 0.25) is 0 Å². The first-order chi connectivity index (χ1) is 19.2. The largest absolute Gasteiger partial charge is 0.461 e. The summed E-state index contributed by atoms with van der Waals surface area (Å²) in [4.78, 5) is 29.9. The number of Topliss-reactive ketones (excluding diaryl/α,β-unsaturated/α-hetero) is 1. The number of hydrogen-bond donors (Lipinski definition) is 0. The molecule has 1 heterocycles. The third kappa shape index (κ3) is 4.43. The van der Waals surface area contributed by atoms with E-state index in [4.69, 9.17) is 9.84 Å². The van der Waals surface area contributed by atoms with Crippen molar-refractivity contribution in [2.75, 3.05) is 20.7 Å². The Kier molecular flexibility index (Phi) is 7.19. The zero-order valence-corrected chi connectivity index (χ0v) is 23.7. The fourth-order valence-electron chi connectivity index (χ4n) is 5.97. The molecule has 0 bridgehead atoms. The number of carbonyl (C=O) groups excluding carboxylic acids is 2. The van der Waals surface area contributed by atoms with Gasteiger partial charge in [-0.05, 0) is 35.4 Å². The lowest BCUT2D eigenvalue weighted by Gasteiger charge is -2.39. The van der Waals surface area contributed by atoms with Gasteiger partial charge in [-0.2, -0.15) is 5.10 Å². The van der Waals surface area contributed by atoms with Crippen LogP contribution in [0.1, 0.15) is 70.4 Å². The Labute approximate surface area is 235 Å². The van der Waals surface area contributed by atoms with Crippen LogP contribution in [0.15, 0.2) is 103 Å². The van der Waals surface area contributed by atoms with Gasteiger partial charge in [0.1, 0.15) is 11.2 Å². The van der Waals surface area contributed by atoms with Gasteiger partial charge in [-0.25, -0.2) is 9.48 Å². The normalized spacial score (nSPS) is 15.5. The topological polar surface area (TPSA) is 64.4 Å². The van der Waals surface area contributed by atoms with E-state index in [1.54, 1.807) is 11.6 Å². The first-order valence-electron chi connectivity index (χ1n) is 13.6. The molecule has 0 saturated carbocycles. The van der Waals surface area contributed by atoms with Crippen LogP contribution < -0.4 is 0 Å². The zero-order valence-electron chi connectivity index (χ0n) is 23.7. The minimum absolute atomic E-state index is 0.141. The number of carbonyl (C=O) groups is 2. The maximum absolute atomic E-state index is 14.5. The molecule has 0 amide bonds. The lowest BCUT2D eigenvalue weighted by atomic mass is 9.70. The number of rotatable bonds is 7. The molecule has 0 fully saturated rings. The van der Waals surface area contributed by atoms with Crippen molar-refractivity contribution in [2.45, 2.75) is 38.1 Å². The molecule has 1 aromatic heterocycles. The number of aromatic nitrogens is 2. The van der Waals surface area contributed by atoms with E-state index in [-0.39, 0.29) is 18.1 Å². The number of allylic oxidation sites excluding steroid dienone is 1. The fraction of sp³-hybridized carbons (Fsp3) is 0.265. The van der Waals surface area contributed by atoms with E-state index in [9.17, 15) is 9.59 Å². The van der Waals surface area contributed by atoms with Crippen LogP contribution in [0.3, 0.4) is 0 Å². The van der Waals surface area contributed by atoms with Crippen molar-refractivity contribution in [1.29, 1.82) is 0 Å². The molecule has 1 aliphatic carbocycles. The predicted molar refractivity (Wildman–Crippen MR) is 157 cm³/mol. The number of nitrogens with zero attached hydrogens (tertiary/aromatic N) is 3. The van der Waals surface area contributed by atoms with Crippen molar-refractivity contribution in [3.63, 3.8) is 0 Å². The summed E-state index contributed by atoms with van der Waals surface area (Å²) in [6.45, 7) is 6.11. The molecule has 3 aromatic carbocycles. The molecule has 0 unspecified atom stereocenters. The third-order valence-corrected chi connectivity index (χ3v) is 7.48. The van der Waals surface area contributed by atoms with Crippen molar-refractivity contribution < 1.29 is 14.3 Å². The highest BCUT2D eigenvalue weighted by atomic mass is 16.5. The van der Waals surface area contributed by atoms with Gasteiger partial charge >= 0.3 is 5.97 Å². The van der Waals surface area contributed by atoms with E-state index in [0.29, 0.717) is 23.3 Å². The van der Waals surface area contributed by atoms with E-state index in [1.165, 1.54) is 0 Å². The fourth-order valence-corrected chi connectivity index (χ4v) is 5.97. The van der Waals surface area contributed by atoms with Gasteiger partial charge in [0.05, 0.1) is 6.61 Å². The summed E-state index contributed by atoms with van der Waals surface area (Å²) in [7, 11) is 3.82. The number of fused-ring (bicyclic) bond motifs is 1. The number of hydrogen-bond acceptors (Lipinski definition) is 5. The Morgan fingerprint density at radius 2 is 1.40 bits per heavy atom. The maximum atomic E-state index is 14.5. The Bertz CT molecular complexity index is 1460. The zero-order chi connectivity index (χ0) is 28.5. The molecule has 0 N–H and O–H groups in total. The molecule has 1 aliphatic rings. The second kappa shape index (κ2) is 10.6. The first-order valence-corrected chi connectivity index (χ1v) is 13.6. The molecule has 204 valence electrons. The molecule has 0 spiro atoms. The Hall–Kier alpha value is -4.45. The van der Waals surface area contributed by atoms with Crippen LogP contribution in [-0.2, 0) is 15.7 Å². The average molecular weight is 534 g/mol. The first kappa shape index (κ1) is 27.1. The molecule has 40 heavy (non-hydrogen) atoms. The van der Waals surface area contributed by atoms with E-state index < -0.39 is 16.9 Å². The average Bonchev–Trinajstić information content (AvgIpc) is 3.36. The van der Waals surface area contributed by atoms with Gasteiger partial charge in [0, 0.05) is 31.4 Å². The highest BCUT2D eigenvalue weighted by Gasteiger charge is 2.49. The number of esters is 1. The van der Waals surface area contributed by atoms with E-state index in [0.717, 1.165) is 16.7 Å². The van der Waals surface area contributed by atoms with Crippen molar-refractivity contribution >= 4 is 11.8 Å². The second-order valence-corrected chi connectivity index (χ2v) is 11.0. The quantitative estimate of drug-likeness (QED) is 0.161. The highest BCUT2D eigenvalue weighted by molar-refractivity contribution is 6.12. The molecule has 6 heteroatoms. The summed E-state index contributed by atoms with van der Waals surface area (Å²) < 4.78 is 7.30. The van der Waals surface area contributed by atoms with Gasteiger partial charge in [-0.3, -0.25) is 4.79 Å². The molecule has 4 aromatic rings. The number of ether oxygens (including phenoxy) is 1. The van der Waals surface area contributed by atoms with Crippen LogP contribution in [0, 0.1) is 0 Å². The van der Waals surface area contributed by atoms with Crippen LogP contribution in [0.5, 0.6) is 0 Å². The minimum Gasteiger partial charge on any atom is -0.461 e. The van der Waals surface area contributed by atoms with Gasteiger partial charge in [0.2, 0.25) is 5.78 Å². The van der Waals surface area contributed by atoms with Crippen molar-refractivity contribution in [2.24, 2.45) is 0 Å². The second-order valence-electron chi connectivity index (χ2n) is 11.0. The van der Waals surface area contributed by atoms with E-state index in [2.05, 4.69) is 13.8 Å². The maximum Gasteiger partial charge on any atom is 0.359 e. The lowest BCUT2D eigenvalue weighted by molar-refractivity contribution is 0.0515. The summed E-state index contributed by atoms with van der Waals surface area (Å²) in [6.07, 6.45) is 2.35. The molecule has 0 saturated heterocycles. The molecule has 0 atom stereocenters. The van der Waals surface area contributed by atoms with Crippen molar-refractivity contribution in [3.05, 3.63) is 136 Å². The summed E-state index contributed by atoms with van der Waals surface area (Å²) in [6, 6.07) is 30.1. The molecular weight excluding hydrogens is 498 g/mol. The third-order valence-electron chi connectivity index (χ3n) is 7.48. The van der Waals surface area contributed by atoms with Gasteiger partial charge < -0.3 is 9.64 Å². The molecule has 5 rings (SSSR count). The van der Waals surface area contributed by atoms with Crippen LogP contribution >= 0.6 is 0 Å². The minimum atomic E-state index is -1.05. The van der Waals surface area contributed by atoms with Crippen LogP contribution in [-0.4, -0.2) is 47.1 Å². The van der Waals surface area contributed by atoms with Gasteiger partial charge in [-0.15, -0.1) is 0 Å². The lowest BCUT2D eigenvalue weighted by Crippen LogP contribution is -2.42. The summed E-state index contributed by atoms with van der Waals surface area (Å²) in [5, 5.41) is 5.05. The van der Waals surface area contributed by atoms with E-state index in [1.807, 2.05) is 116 Å². The van der Waals surface area contributed by atoms with Crippen LogP contribution in [0.25, 0.3) is 0 Å². The van der Waals surface area contributed by atoms with Gasteiger partial charge in [-0.1, -0.05) is 105 Å². The standard InChI is InChI=1S/C34H35N3O3/c1-6-40-32(39)29-28-30(31(38)24(23-36(4)5)22-33(28,2)3)37(35-29)34(25-16-10-7-11-17-25,26-18-12-8-13-19-26)27-20-14-9-15-21-27/h7-21,23H,6,22H2,1-5H3. The Balaban J connectivity index is 1.99. The smallest absolute Gasteiger partial charge is 0.359 e. The number of ketones is 1. The van der Waals surface area contributed by atoms with Crippen molar-refractivity contribution in [3.8, 4) is 0 Å². The predicted octanol–water partition coefficient (Wildman–Crippen LogP) is 6.21. The molecule has 0 radical (unpaired) electrons. The molecule has 0 aliphatic heterocycles. The van der Waals surface area contributed by atoms with Gasteiger partial charge in [0.15, 0.2) is 5.69 Å². The summed E-state index contributed by atoms with van der Waals surface area (Å²) in [5.41, 5.74) is 3.04. The summed E-state index contributed by atoms with van der Waals surface area (Å²) in [5.74, 6) is -0.667. The molecular formula is C34H35N3O3. The Morgan fingerprint density at radius 1 is 0.925 bits per heavy atom. The monoisotopic (exact) mass is 533 g/mol. The summed E-state index contributed by atoms with van der Waals surface area (Å²) >= 11 is 0. The number of benzene rings is 3. The molecule has 6 nitrogen and oxygen atoms in total. The highest BCUT2D eigenvalue weighted by Crippen LogP contribution is 2.47. The van der Waals surface area contributed by atoms with Gasteiger partial charge in [0.25, 0.3) is 0 Å².